The van der Waals surface area contributed by atoms with Crippen molar-refractivity contribution in [2.45, 2.75) is 117 Å². The molecule has 10 atom stereocenters. The van der Waals surface area contributed by atoms with Gasteiger partial charge in [0.1, 0.15) is 5.60 Å². The summed E-state index contributed by atoms with van der Waals surface area (Å²) in [6.45, 7) is 14.3. The van der Waals surface area contributed by atoms with Crippen molar-refractivity contribution in [3.05, 3.63) is 0 Å². The van der Waals surface area contributed by atoms with E-state index in [0.29, 0.717) is 29.6 Å². The summed E-state index contributed by atoms with van der Waals surface area (Å²) in [5, 5.41) is 21.8. The average molecular weight is 433 g/mol. The van der Waals surface area contributed by atoms with Crippen LogP contribution in [0.25, 0.3) is 0 Å². The lowest BCUT2D eigenvalue weighted by Crippen LogP contribution is -2.67. The minimum atomic E-state index is -1.31. The van der Waals surface area contributed by atoms with Crippen LogP contribution in [-0.2, 0) is 4.79 Å². The van der Waals surface area contributed by atoms with Crippen molar-refractivity contribution in [2.24, 2.45) is 52.3 Å². The van der Waals surface area contributed by atoms with Gasteiger partial charge in [-0.3, -0.25) is 4.79 Å². The largest absolute Gasteiger partial charge is 0.393 e. The molecule has 0 aromatic heterocycles. The van der Waals surface area contributed by atoms with Crippen molar-refractivity contribution in [3.63, 3.8) is 0 Å². The molecule has 0 amide bonds. The van der Waals surface area contributed by atoms with E-state index in [-0.39, 0.29) is 17.6 Å². The number of rotatable bonds is 5. The van der Waals surface area contributed by atoms with Crippen molar-refractivity contribution in [1.82, 2.24) is 0 Å². The molecule has 0 saturated heterocycles. The average Bonchev–Trinajstić information content (AvgIpc) is 3.05. The van der Waals surface area contributed by atoms with Gasteiger partial charge in [0.2, 0.25) is 0 Å². The second kappa shape index (κ2) is 8.12. The second-order valence-electron chi connectivity index (χ2n) is 13.2. The lowest BCUT2D eigenvalue weighted by molar-refractivity contribution is -0.213. The Bertz CT molecular complexity index is 688. The number of fused-ring (bicyclic) bond motifs is 5. The molecule has 0 heterocycles. The Hall–Kier alpha value is -0.410. The molecule has 0 bridgehead atoms. The maximum Gasteiger partial charge on any atom is 0.165 e. The summed E-state index contributed by atoms with van der Waals surface area (Å²) < 4.78 is 0. The summed E-state index contributed by atoms with van der Waals surface area (Å²) in [4.78, 5) is 13.3. The second-order valence-corrected chi connectivity index (χ2v) is 13.2. The van der Waals surface area contributed by atoms with Gasteiger partial charge in [-0.05, 0) is 85.4 Å². The molecule has 2 N–H and O–H groups in total. The lowest BCUT2D eigenvalue weighted by atomic mass is 9.42. The van der Waals surface area contributed by atoms with Crippen LogP contribution in [0, 0.1) is 52.3 Å². The molecule has 0 aromatic carbocycles. The van der Waals surface area contributed by atoms with Crippen LogP contribution >= 0.6 is 0 Å². The van der Waals surface area contributed by atoms with Crippen molar-refractivity contribution in [1.29, 1.82) is 0 Å². The Labute approximate surface area is 190 Å². The van der Waals surface area contributed by atoms with Crippen molar-refractivity contribution >= 4 is 5.78 Å². The highest BCUT2D eigenvalue weighted by molar-refractivity contribution is 5.89. The zero-order valence-corrected chi connectivity index (χ0v) is 21.0. The standard InChI is InChI=1S/C28H48O3/c1-17(2)18(3)7-8-19(4)22-9-10-23-21-15-25(30)28(31)16-20(29)11-14-27(28,6)24(21)12-13-26(22,23)5/h17-24,29,31H,7-16H2,1-6H3/t18-,19+,20-,21-,22+,23+,24-,26+,27+,28-/m0/s1. The number of carbonyl (C=O) groups excluding carboxylic acids is 1. The highest BCUT2D eigenvalue weighted by atomic mass is 16.3. The number of hydrogen-bond acceptors (Lipinski definition) is 3. The smallest absolute Gasteiger partial charge is 0.165 e. The van der Waals surface area contributed by atoms with E-state index >= 15 is 0 Å². The Balaban J connectivity index is 1.53. The van der Waals surface area contributed by atoms with Crippen LogP contribution in [0.2, 0.25) is 0 Å². The Morgan fingerprint density at radius 2 is 1.68 bits per heavy atom. The minimum absolute atomic E-state index is 0.0292. The van der Waals surface area contributed by atoms with Gasteiger partial charge >= 0.3 is 0 Å². The number of aliphatic hydroxyl groups excluding tert-OH is 1. The van der Waals surface area contributed by atoms with Gasteiger partial charge in [0.15, 0.2) is 5.78 Å². The highest BCUT2D eigenvalue weighted by Gasteiger charge is 2.67. The molecule has 4 aliphatic carbocycles. The fraction of sp³-hybridized carbons (Fsp3) is 0.964. The molecule has 0 spiro atoms. The third kappa shape index (κ3) is 3.56. The van der Waals surface area contributed by atoms with Gasteiger partial charge in [0.25, 0.3) is 0 Å². The van der Waals surface area contributed by atoms with Crippen LogP contribution in [-0.4, -0.2) is 27.7 Å². The molecule has 4 saturated carbocycles. The van der Waals surface area contributed by atoms with Gasteiger partial charge in [-0.1, -0.05) is 54.4 Å². The third-order valence-electron chi connectivity index (χ3n) is 11.6. The van der Waals surface area contributed by atoms with Crippen LogP contribution in [0.1, 0.15) is 106 Å². The summed E-state index contributed by atoms with van der Waals surface area (Å²) in [6, 6.07) is 0. The van der Waals surface area contributed by atoms with Gasteiger partial charge < -0.3 is 10.2 Å². The fourth-order valence-corrected chi connectivity index (χ4v) is 9.06. The van der Waals surface area contributed by atoms with Crippen LogP contribution in [0.4, 0.5) is 0 Å². The molecule has 4 aliphatic rings. The number of hydrogen-bond donors (Lipinski definition) is 2. The van der Waals surface area contributed by atoms with Crippen LogP contribution in [0.3, 0.4) is 0 Å². The molecule has 0 aromatic rings. The van der Waals surface area contributed by atoms with Gasteiger partial charge in [0, 0.05) is 18.3 Å². The van der Waals surface area contributed by atoms with E-state index in [9.17, 15) is 15.0 Å². The first-order valence-corrected chi connectivity index (χ1v) is 13.4. The predicted octanol–water partition coefficient (Wildman–Crippen LogP) is 6.01. The SMILES string of the molecule is CC(C)[C@@H](C)CC[C@@H](C)[C@H]1CC[C@@H]2[C@@H]3CC(=O)[C@@]4(O)C[C@@H](O)CC[C@]4(C)[C@H]3CC[C@@]21C. The van der Waals surface area contributed by atoms with E-state index in [2.05, 4.69) is 41.5 Å². The van der Waals surface area contributed by atoms with E-state index in [1.54, 1.807) is 0 Å². The van der Waals surface area contributed by atoms with Gasteiger partial charge in [-0.2, -0.15) is 0 Å². The Kier molecular flexibility index (Phi) is 6.21. The normalized spacial score (nSPS) is 49.3. The number of Topliss-reactive ketones (excluding diaryl/α,β-unsaturated/α-hetero) is 1. The fourth-order valence-electron chi connectivity index (χ4n) is 9.06. The number of aliphatic hydroxyl groups is 2. The third-order valence-corrected chi connectivity index (χ3v) is 11.6. The first kappa shape index (κ1) is 23.7. The molecule has 178 valence electrons. The van der Waals surface area contributed by atoms with Crippen LogP contribution in [0.15, 0.2) is 0 Å². The Morgan fingerprint density at radius 1 is 0.968 bits per heavy atom. The van der Waals surface area contributed by atoms with Gasteiger partial charge in [-0.25, -0.2) is 0 Å². The molecule has 3 heteroatoms. The summed E-state index contributed by atoms with van der Waals surface area (Å²) >= 11 is 0. The highest BCUT2D eigenvalue weighted by Crippen LogP contribution is 2.68. The van der Waals surface area contributed by atoms with Crippen molar-refractivity contribution < 1.29 is 15.0 Å². The zero-order chi connectivity index (χ0) is 22.8. The van der Waals surface area contributed by atoms with Crippen LogP contribution in [0.5, 0.6) is 0 Å². The molecular formula is C28H48O3. The summed E-state index contributed by atoms with van der Waals surface area (Å²) in [7, 11) is 0. The molecule has 0 radical (unpaired) electrons. The van der Waals surface area contributed by atoms with E-state index in [1.807, 2.05) is 0 Å². The van der Waals surface area contributed by atoms with E-state index < -0.39 is 11.7 Å². The number of carbonyl (C=O) groups is 1. The van der Waals surface area contributed by atoms with E-state index in [4.69, 9.17) is 0 Å². The molecule has 4 fully saturated rings. The van der Waals surface area contributed by atoms with E-state index in [0.717, 1.165) is 42.9 Å². The van der Waals surface area contributed by atoms with Crippen molar-refractivity contribution in [3.8, 4) is 0 Å². The number of ketones is 1. The zero-order valence-electron chi connectivity index (χ0n) is 21.0. The summed E-state index contributed by atoms with van der Waals surface area (Å²) in [6.07, 6.45) is 9.39. The molecule has 31 heavy (non-hydrogen) atoms. The maximum atomic E-state index is 13.3. The Morgan fingerprint density at radius 3 is 2.35 bits per heavy atom. The van der Waals surface area contributed by atoms with Crippen LogP contribution < -0.4 is 0 Å². The summed E-state index contributed by atoms with van der Waals surface area (Å²) in [5.41, 5.74) is -1.32. The molecule has 4 rings (SSSR count). The first-order valence-electron chi connectivity index (χ1n) is 13.4. The summed E-state index contributed by atoms with van der Waals surface area (Å²) in [5.74, 6) is 4.59. The topological polar surface area (TPSA) is 57.5 Å². The van der Waals surface area contributed by atoms with Gasteiger partial charge in [0.05, 0.1) is 6.10 Å². The molecule has 0 unspecified atom stereocenters. The lowest BCUT2D eigenvalue weighted by Gasteiger charge is -2.63. The maximum absolute atomic E-state index is 13.3. The van der Waals surface area contributed by atoms with E-state index in [1.165, 1.54) is 32.1 Å². The first-order chi connectivity index (χ1) is 14.4. The molecule has 0 aliphatic heterocycles. The molecular weight excluding hydrogens is 384 g/mol. The minimum Gasteiger partial charge on any atom is -0.393 e. The monoisotopic (exact) mass is 432 g/mol. The quantitative estimate of drug-likeness (QED) is 0.559. The van der Waals surface area contributed by atoms with Gasteiger partial charge in [-0.15, -0.1) is 0 Å². The molecule has 3 nitrogen and oxygen atoms in total. The predicted molar refractivity (Wildman–Crippen MR) is 125 cm³/mol. The van der Waals surface area contributed by atoms with Crippen molar-refractivity contribution in [2.75, 3.05) is 0 Å².